The van der Waals surface area contributed by atoms with Crippen LogP contribution >= 0.6 is 0 Å². The molecule has 1 N–H and O–H groups in total. The van der Waals surface area contributed by atoms with E-state index in [1.165, 1.54) is 12.3 Å². The first-order chi connectivity index (χ1) is 15.7. The molecule has 1 fully saturated rings. The van der Waals surface area contributed by atoms with Crippen molar-refractivity contribution in [2.24, 2.45) is 11.8 Å². The van der Waals surface area contributed by atoms with Gasteiger partial charge in [0.15, 0.2) is 0 Å². The highest BCUT2D eigenvalue weighted by Crippen LogP contribution is 2.41. The van der Waals surface area contributed by atoms with Crippen molar-refractivity contribution < 1.29 is 22.7 Å². The maximum Gasteiger partial charge on any atom is 0.416 e. The fourth-order valence-electron chi connectivity index (χ4n) is 4.36. The number of fused-ring (bicyclic) bond motifs is 1. The Hall–Kier alpha value is -2.84. The van der Waals surface area contributed by atoms with Gasteiger partial charge in [0.2, 0.25) is 0 Å². The summed E-state index contributed by atoms with van der Waals surface area (Å²) in [5, 5.41) is 2.50. The van der Waals surface area contributed by atoms with Crippen LogP contribution in [0.3, 0.4) is 0 Å². The SMILES string of the molecule is CCC(C1CC1)N(CCC(C)C)c1cc(C(F)(F)F)cc(-c2ccnc3c2COC(=O)N3)n1. The van der Waals surface area contributed by atoms with Gasteiger partial charge in [-0.15, -0.1) is 0 Å². The lowest BCUT2D eigenvalue weighted by molar-refractivity contribution is -0.137. The fourth-order valence-corrected chi connectivity index (χ4v) is 4.36. The van der Waals surface area contributed by atoms with Gasteiger partial charge in [-0.3, -0.25) is 5.32 Å². The van der Waals surface area contributed by atoms with E-state index >= 15 is 0 Å². The summed E-state index contributed by atoms with van der Waals surface area (Å²) in [6, 6.07) is 4.00. The molecule has 2 aromatic rings. The van der Waals surface area contributed by atoms with Crippen LogP contribution in [0.4, 0.5) is 29.6 Å². The van der Waals surface area contributed by atoms with Crippen LogP contribution < -0.4 is 10.2 Å². The molecule has 2 aliphatic rings. The number of carbonyl (C=O) groups is 1. The first-order valence-corrected chi connectivity index (χ1v) is 11.4. The zero-order chi connectivity index (χ0) is 23.8. The number of hydrogen-bond acceptors (Lipinski definition) is 5. The molecule has 4 rings (SSSR count). The molecular weight excluding hydrogens is 433 g/mol. The third-order valence-electron chi connectivity index (χ3n) is 6.27. The van der Waals surface area contributed by atoms with E-state index in [0.717, 1.165) is 31.7 Å². The second-order valence-electron chi connectivity index (χ2n) is 9.17. The number of alkyl halides is 3. The number of nitrogens with one attached hydrogen (secondary N) is 1. The Morgan fingerprint density at radius 1 is 1.27 bits per heavy atom. The van der Waals surface area contributed by atoms with Gasteiger partial charge >= 0.3 is 12.3 Å². The quantitative estimate of drug-likeness (QED) is 0.501. The number of nitrogens with zero attached hydrogens (tertiary/aromatic N) is 3. The molecule has 0 aromatic carbocycles. The number of ether oxygens (including phenoxy) is 1. The summed E-state index contributed by atoms with van der Waals surface area (Å²) in [6.45, 7) is 6.87. The predicted molar refractivity (Wildman–Crippen MR) is 120 cm³/mol. The number of carbonyl (C=O) groups excluding carboxylic acids is 1. The molecule has 1 atom stereocenters. The molecule has 0 radical (unpaired) electrons. The summed E-state index contributed by atoms with van der Waals surface area (Å²) in [5.74, 6) is 1.53. The topological polar surface area (TPSA) is 67.4 Å². The van der Waals surface area contributed by atoms with Crippen molar-refractivity contribution in [1.82, 2.24) is 9.97 Å². The minimum atomic E-state index is -4.52. The van der Waals surface area contributed by atoms with Crippen LogP contribution in [0, 0.1) is 11.8 Å². The normalized spacial score (nSPS) is 16.8. The molecule has 3 heterocycles. The summed E-state index contributed by atoms with van der Waals surface area (Å²) in [7, 11) is 0. The molecule has 0 spiro atoms. The molecular formula is C24H29F3N4O2. The molecule has 9 heteroatoms. The molecule has 2 aromatic heterocycles. The van der Waals surface area contributed by atoms with Crippen LogP contribution in [-0.4, -0.2) is 28.6 Å². The first kappa shape index (κ1) is 23.3. The number of hydrogen-bond donors (Lipinski definition) is 1. The Balaban J connectivity index is 1.83. The Bertz CT molecular complexity index is 1020. The minimum absolute atomic E-state index is 0.0751. The summed E-state index contributed by atoms with van der Waals surface area (Å²) in [4.78, 5) is 22.5. The Kier molecular flexibility index (Phi) is 6.50. The van der Waals surface area contributed by atoms with Crippen LogP contribution in [0.1, 0.15) is 57.6 Å². The lowest BCUT2D eigenvalue weighted by Gasteiger charge is -2.34. The second-order valence-corrected chi connectivity index (χ2v) is 9.17. The smallest absolute Gasteiger partial charge is 0.416 e. The van der Waals surface area contributed by atoms with Crippen LogP contribution in [0.5, 0.6) is 0 Å². The minimum Gasteiger partial charge on any atom is -0.444 e. The lowest BCUT2D eigenvalue weighted by atomic mass is 10.0. The molecule has 1 aliphatic heterocycles. The van der Waals surface area contributed by atoms with Gasteiger partial charge in [0.05, 0.1) is 11.3 Å². The summed E-state index contributed by atoms with van der Waals surface area (Å²) in [5.41, 5.74) is 0.431. The molecule has 1 saturated carbocycles. The molecule has 6 nitrogen and oxygen atoms in total. The number of pyridine rings is 2. The molecule has 178 valence electrons. The number of amides is 1. The zero-order valence-corrected chi connectivity index (χ0v) is 19.1. The van der Waals surface area contributed by atoms with Gasteiger partial charge in [0.1, 0.15) is 18.2 Å². The number of aromatic nitrogens is 2. The molecule has 33 heavy (non-hydrogen) atoms. The highest BCUT2D eigenvalue weighted by Gasteiger charge is 2.37. The van der Waals surface area contributed by atoms with E-state index in [2.05, 4.69) is 36.0 Å². The van der Waals surface area contributed by atoms with Gasteiger partial charge in [0.25, 0.3) is 0 Å². The van der Waals surface area contributed by atoms with Gasteiger partial charge in [-0.2, -0.15) is 13.2 Å². The average molecular weight is 463 g/mol. The molecule has 1 unspecified atom stereocenters. The third kappa shape index (κ3) is 5.23. The predicted octanol–water partition coefficient (Wildman–Crippen LogP) is 6.27. The van der Waals surface area contributed by atoms with E-state index in [9.17, 15) is 18.0 Å². The Morgan fingerprint density at radius 3 is 2.67 bits per heavy atom. The highest BCUT2D eigenvalue weighted by atomic mass is 19.4. The Labute approximate surface area is 191 Å². The van der Waals surface area contributed by atoms with Crippen molar-refractivity contribution in [1.29, 1.82) is 0 Å². The van der Waals surface area contributed by atoms with Crippen LogP contribution in [-0.2, 0) is 17.5 Å². The van der Waals surface area contributed by atoms with Crippen molar-refractivity contribution >= 4 is 17.7 Å². The summed E-state index contributed by atoms with van der Waals surface area (Å²) in [6.07, 6.45) is 0.197. The van der Waals surface area contributed by atoms with E-state index in [1.54, 1.807) is 6.07 Å². The molecule has 1 amide bonds. The maximum absolute atomic E-state index is 13.9. The first-order valence-electron chi connectivity index (χ1n) is 11.4. The number of cyclic esters (lactones) is 1. The van der Waals surface area contributed by atoms with E-state index in [1.807, 2.05) is 0 Å². The van der Waals surface area contributed by atoms with Gasteiger partial charge < -0.3 is 9.64 Å². The van der Waals surface area contributed by atoms with Crippen LogP contribution in [0.25, 0.3) is 11.3 Å². The largest absolute Gasteiger partial charge is 0.444 e. The maximum atomic E-state index is 13.9. The van der Waals surface area contributed by atoms with E-state index < -0.39 is 17.8 Å². The van der Waals surface area contributed by atoms with Crippen LogP contribution in [0.15, 0.2) is 24.4 Å². The molecule has 0 bridgehead atoms. The highest BCUT2D eigenvalue weighted by molar-refractivity contribution is 5.88. The van der Waals surface area contributed by atoms with Crippen molar-refractivity contribution in [2.75, 3.05) is 16.8 Å². The number of anilines is 2. The standard InChI is InChI=1S/C24H29F3N4O2/c1-4-20(15-5-6-15)31(10-8-14(2)3)21-12-16(24(25,26)27)11-19(29-21)17-7-9-28-22-18(17)13-33-23(32)30-22/h7,9,11-12,14-15,20H,4-6,8,10,13H2,1-3H3,(H,28,30,32). The summed E-state index contributed by atoms with van der Waals surface area (Å²) >= 11 is 0. The number of rotatable bonds is 8. The van der Waals surface area contributed by atoms with Crippen molar-refractivity contribution in [3.63, 3.8) is 0 Å². The second kappa shape index (κ2) is 9.19. The van der Waals surface area contributed by atoms with Crippen molar-refractivity contribution in [3.8, 4) is 11.3 Å². The lowest BCUT2D eigenvalue weighted by Crippen LogP contribution is -2.38. The summed E-state index contributed by atoms with van der Waals surface area (Å²) < 4.78 is 46.9. The van der Waals surface area contributed by atoms with E-state index in [4.69, 9.17) is 9.72 Å². The van der Waals surface area contributed by atoms with Gasteiger partial charge in [-0.1, -0.05) is 20.8 Å². The van der Waals surface area contributed by atoms with Crippen molar-refractivity contribution in [2.45, 2.75) is 65.3 Å². The monoisotopic (exact) mass is 462 g/mol. The average Bonchev–Trinajstić information content (AvgIpc) is 3.60. The van der Waals surface area contributed by atoms with Gasteiger partial charge in [-0.05, 0) is 55.7 Å². The fraction of sp³-hybridized carbons (Fsp3) is 0.542. The Morgan fingerprint density at radius 2 is 2.03 bits per heavy atom. The van der Waals surface area contributed by atoms with E-state index in [0.29, 0.717) is 35.3 Å². The van der Waals surface area contributed by atoms with Crippen LogP contribution in [0.2, 0.25) is 0 Å². The zero-order valence-electron chi connectivity index (χ0n) is 19.1. The molecule has 0 saturated heterocycles. The van der Waals surface area contributed by atoms with E-state index in [-0.39, 0.29) is 24.2 Å². The van der Waals surface area contributed by atoms with Gasteiger partial charge in [-0.25, -0.2) is 14.8 Å². The van der Waals surface area contributed by atoms with Gasteiger partial charge in [0, 0.05) is 29.9 Å². The third-order valence-corrected chi connectivity index (χ3v) is 6.27. The number of halogens is 3. The molecule has 1 aliphatic carbocycles. The van der Waals surface area contributed by atoms with Crippen molar-refractivity contribution in [3.05, 3.63) is 35.5 Å².